The summed E-state index contributed by atoms with van der Waals surface area (Å²) in [5.74, 6) is -0.496. The molecule has 1 saturated carbocycles. The van der Waals surface area contributed by atoms with E-state index in [4.69, 9.17) is 0 Å². The van der Waals surface area contributed by atoms with Gasteiger partial charge in [0.1, 0.15) is 12.1 Å². The van der Waals surface area contributed by atoms with E-state index in [-0.39, 0.29) is 0 Å². The van der Waals surface area contributed by atoms with Crippen molar-refractivity contribution in [3.05, 3.63) is 35.1 Å². The van der Waals surface area contributed by atoms with Crippen LogP contribution in [0, 0.1) is 5.82 Å². The predicted molar refractivity (Wildman–Crippen MR) is 44.9 cm³/mol. The molecule has 68 valence electrons. The maximum atomic E-state index is 13.3. The van der Waals surface area contributed by atoms with E-state index in [2.05, 4.69) is 0 Å². The third-order valence-corrected chi connectivity index (χ3v) is 2.35. The molecular weight excluding hydrogens is 171 g/mol. The van der Waals surface area contributed by atoms with E-state index in [9.17, 15) is 14.3 Å². The van der Waals surface area contributed by atoms with Crippen LogP contribution in [0.25, 0.3) is 0 Å². The Kier molecular flexibility index (Phi) is 1.70. The molecule has 1 fully saturated rings. The molecule has 0 bridgehead atoms. The Morgan fingerprint density at radius 1 is 1.46 bits per heavy atom. The fourth-order valence-electron chi connectivity index (χ4n) is 1.37. The van der Waals surface area contributed by atoms with Crippen molar-refractivity contribution in [2.24, 2.45) is 0 Å². The zero-order valence-corrected chi connectivity index (χ0v) is 6.96. The van der Waals surface area contributed by atoms with Crippen LogP contribution in [-0.4, -0.2) is 11.4 Å². The van der Waals surface area contributed by atoms with Gasteiger partial charge in [0.15, 0.2) is 0 Å². The Bertz CT molecular complexity index is 356. The molecule has 0 unspecified atom stereocenters. The van der Waals surface area contributed by atoms with E-state index < -0.39 is 11.4 Å². The summed E-state index contributed by atoms with van der Waals surface area (Å²) in [6.45, 7) is 0. The van der Waals surface area contributed by atoms with Crippen LogP contribution in [0.1, 0.15) is 28.8 Å². The van der Waals surface area contributed by atoms with Crippen molar-refractivity contribution in [1.29, 1.82) is 0 Å². The summed E-state index contributed by atoms with van der Waals surface area (Å²) in [4.78, 5) is 10.3. The third kappa shape index (κ3) is 1.35. The van der Waals surface area contributed by atoms with Gasteiger partial charge in [0.05, 0.1) is 5.60 Å². The summed E-state index contributed by atoms with van der Waals surface area (Å²) in [5.41, 5.74) is -0.366. The summed E-state index contributed by atoms with van der Waals surface area (Å²) >= 11 is 0. The Morgan fingerprint density at radius 2 is 2.15 bits per heavy atom. The number of halogens is 1. The number of rotatable bonds is 2. The molecule has 1 aromatic rings. The standard InChI is InChI=1S/C10H9FO2/c11-9-5-7(6-12)1-2-8(9)10(13)3-4-10/h1-2,5-6,13H,3-4H2. The van der Waals surface area contributed by atoms with Crippen LogP contribution in [0.2, 0.25) is 0 Å². The van der Waals surface area contributed by atoms with Gasteiger partial charge >= 0.3 is 0 Å². The third-order valence-electron chi connectivity index (χ3n) is 2.35. The second kappa shape index (κ2) is 2.64. The average molecular weight is 180 g/mol. The van der Waals surface area contributed by atoms with E-state index in [1.165, 1.54) is 12.1 Å². The lowest BCUT2D eigenvalue weighted by atomic mass is 10.1. The molecule has 0 aromatic heterocycles. The molecule has 0 amide bonds. The maximum absolute atomic E-state index is 13.3. The minimum Gasteiger partial charge on any atom is -0.385 e. The normalized spacial score (nSPS) is 18.3. The molecule has 1 aliphatic carbocycles. The minimum absolute atomic E-state index is 0.297. The molecule has 1 N–H and O–H groups in total. The van der Waals surface area contributed by atoms with E-state index in [0.717, 1.165) is 6.07 Å². The van der Waals surface area contributed by atoms with Crippen LogP contribution >= 0.6 is 0 Å². The van der Waals surface area contributed by atoms with Crippen LogP contribution in [0.15, 0.2) is 18.2 Å². The second-order valence-electron chi connectivity index (χ2n) is 3.39. The SMILES string of the molecule is O=Cc1ccc(C2(O)CC2)c(F)c1. The number of benzene rings is 1. The minimum atomic E-state index is -0.967. The van der Waals surface area contributed by atoms with Crippen molar-refractivity contribution in [3.8, 4) is 0 Å². The van der Waals surface area contributed by atoms with Crippen molar-refractivity contribution >= 4 is 6.29 Å². The predicted octanol–water partition coefficient (Wildman–Crippen LogP) is 1.62. The first-order valence-electron chi connectivity index (χ1n) is 4.13. The maximum Gasteiger partial charge on any atom is 0.150 e. The monoisotopic (exact) mass is 180 g/mol. The molecule has 1 aliphatic rings. The number of aliphatic hydroxyl groups is 1. The topological polar surface area (TPSA) is 37.3 Å². The molecule has 1 aromatic carbocycles. The Labute approximate surface area is 75.0 Å². The largest absolute Gasteiger partial charge is 0.385 e. The Hall–Kier alpha value is -1.22. The van der Waals surface area contributed by atoms with Gasteiger partial charge < -0.3 is 5.11 Å². The summed E-state index contributed by atoms with van der Waals surface area (Å²) in [7, 11) is 0. The van der Waals surface area contributed by atoms with Crippen molar-refractivity contribution in [1.82, 2.24) is 0 Å². The van der Waals surface area contributed by atoms with Gasteiger partial charge in [-0.1, -0.05) is 12.1 Å². The molecule has 0 radical (unpaired) electrons. The number of hydrogen-bond acceptors (Lipinski definition) is 2. The molecule has 0 atom stereocenters. The lowest BCUT2D eigenvalue weighted by Crippen LogP contribution is -2.07. The first-order valence-corrected chi connectivity index (χ1v) is 4.13. The first kappa shape index (κ1) is 8.38. The summed E-state index contributed by atoms with van der Waals surface area (Å²) in [6, 6.07) is 4.15. The molecule has 0 spiro atoms. The van der Waals surface area contributed by atoms with Crippen LogP contribution in [-0.2, 0) is 5.60 Å². The first-order chi connectivity index (χ1) is 6.15. The average Bonchev–Trinajstić information content (AvgIpc) is 2.84. The highest BCUT2D eigenvalue weighted by Crippen LogP contribution is 2.46. The highest BCUT2D eigenvalue weighted by molar-refractivity contribution is 5.74. The molecule has 0 heterocycles. The fraction of sp³-hybridized carbons (Fsp3) is 0.300. The molecule has 3 heteroatoms. The Balaban J connectivity index is 2.43. The van der Waals surface area contributed by atoms with Crippen molar-refractivity contribution in [2.45, 2.75) is 18.4 Å². The van der Waals surface area contributed by atoms with Gasteiger partial charge in [-0.25, -0.2) is 4.39 Å². The van der Waals surface area contributed by atoms with E-state index in [1.54, 1.807) is 0 Å². The van der Waals surface area contributed by atoms with Gasteiger partial charge in [-0.15, -0.1) is 0 Å². The summed E-state index contributed by atoms with van der Waals surface area (Å²) in [5, 5.41) is 9.62. The van der Waals surface area contributed by atoms with E-state index in [1.807, 2.05) is 0 Å². The lowest BCUT2D eigenvalue weighted by Gasteiger charge is -2.08. The fourth-order valence-corrected chi connectivity index (χ4v) is 1.37. The van der Waals surface area contributed by atoms with Gasteiger partial charge in [0, 0.05) is 11.1 Å². The number of hydrogen-bond donors (Lipinski definition) is 1. The summed E-state index contributed by atoms with van der Waals surface area (Å²) < 4.78 is 13.3. The van der Waals surface area contributed by atoms with Gasteiger partial charge in [0.25, 0.3) is 0 Å². The smallest absolute Gasteiger partial charge is 0.150 e. The zero-order valence-electron chi connectivity index (χ0n) is 6.96. The van der Waals surface area contributed by atoms with Gasteiger partial charge in [-0.2, -0.15) is 0 Å². The highest BCUT2D eigenvalue weighted by Gasteiger charge is 2.43. The number of carbonyl (C=O) groups is 1. The second-order valence-corrected chi connectivity index (χ2v) is 3.39. The van der Waals surface area contributed by atoms with Crippen LogP contribution in [0.3, 0.4) is 0 Å². The molecule has 0 aliphatic heterocycles. The lowest BCUT2D eigenvalue weighted by molar-refractivity contribution is 0.112. The molecule has 0 saturated heterocycles. The van der Waals surface area contributed by atoms with E-state index >= 15 is 0 Å². The quantitative estimate of drug-likeness (QED) is 0.702. The van der Waals surface area contributed by atoms with Crippen LogP contribution in [0.4, 0.5) is 4.39 Å². The van der Waals surface area contributed by atoms with Crippen molar-refractivity contribution in [3.63, 3.8) is 0 Å². The summed E-state index contributed by atoms with van der Waals surface area (Å²) in [6.07, 6.45) is 1.79. The zero-order chi connectivity index (χ0) is 9.47. The number of carbonyl (C=O) groups excluding carboxylic acids is 1. The highest BCUT2D eigenvalue weighted by atomic mass is 19.1. The van der Waals surface area contributed by atoms with Crippen LogP contribution < -0.4 is 0 Å². The van der Waals surface area contributed by atoms with Gasteiger partial charge in [0.2, 0.25) is 0 Å². The van der Waals surface area contributed by atoms with Gasteiger partial charge in [-0.3, -0.25) is 4.79 Å². The van der Waals surface area contributed by atoms with Crippen molar-refractivity contribution in [2.75, 3.05) is 0 Å². The molecule has 2 rings (SSSR count). The molecule has 2 nitrogen and oxygen atoms in total. The Morgan fingerprint density at radius 3 is 2.62 bits per heavy atom. The van der Waals surface area contributed by atoms with E-state index in [0.29, 0.717) is 30.3 Å². The molecular formula is C10H9FO2. The molecule has 13 heavy (non-hydrogen) atoms. The van der Waals surface area contributed by atoms with Crippen LogP contribution in [0.5, 0.6) is 0 Å². The number of aldehydes is 1. The van der Waals surface area contributed by atoms with Gasteiger partial charge in [-0.05, 0) is 18.9 Å². The van der Waals surface area contributed by atoms with Crippen molar-refractivity contribution < 1.29 is 14.3 Å².